The van der Waals surface area contributed by atoms with Crippen LogP contribution in [0.4, 0.5) is 11.4 Å². The number of carboxylic acids is 1. The van der Waals surface area contributed by atoms with Crippen molar-refractivity contribution in [3.05, 3.63) is 101 Å². The second-order valence-corrected chi connectivity index (χ2v) is 9.06. The van der Waals surface area contributed by atoms with Crippen molar-refractivity contribution in [2.24, 2.45) is 10.2 Å². The van der Waals surface area contributed by atoms with Crippen molar-refractivity contribution in [1.82, 2.24) is 4.57 Å². The molecule has 37 heavy (non-hydrogen) atoms. The molecule has 4 aromatic carbocycles. The number of hydrogen-bond donors (Lipinski definition) is 3. The van der Waals surface area contributed by atoms with E-state index in [0.717, 1.165) is 33.3 Å². The molecule has 0 saturated carbocycles. The Morgan fingerprint density at radius 2 is 1.59 bits per heavy atom. The minimum atomic E-state index is -1.05. The molecule has 7 nitrogen and oxygen atoms in total. The Kier molecular flexibility index (Phi) is 5.97. The van der Waals surface area contributed by atoms with Crippen molar-refractivity contribution < 1.29 is 20.1 Å². The van der Waals surface area contributed by atoms with Crippen LogP contribution in [0.15, 0.2) is 89.1 Å². The van der Waals surface area contributed by atoms with Crippen LogP contribution in [-0.4, -0.2) is 25.9 Å². The smallest absolute Gasteiger partial charge is 0.335 e. The lowest BCUT2D eigenvalue weighted by molar-refractivity contribution is 0.0697. The lowest BCUT2D eigenvalue weighted by atomic mass is 10.0. The maximum absolute atomic E-state index is 11.4. The average Bonchev–Trinajstić information content (AvgIpc) is 3.15. The van der Waals surface area contributed by atoms with Gasteiger partial charge >= 0.3 is 5.97 Å². The fourth-order valence-electron chi connectivity index (χ4n) is 4.37. The summed E-state index contributed by atoms with van der Waals surface area (Å²) in [4.78, 5) is 11.4. The molecule has 0 spiro atoms. The molecule has 1 aromatic heterocycles. The molecule has 5 rings (SSSR count). The first-order valence-electron chi connectivity index (χ1n) is 11.7. The third kappa shape index (κ3) is 4.31. The molecule has 7 heteroatoms. The number of aromatic hydroxyl groups is 2. The number of aromatic nitrogens is 1. The van der Waals surface area contributed by atoms with E-state index in [4.69, 9.17) is 0 Å². The SMILES string of the molecule is Cc1ccc2c(c1)c(N=Nc1cccc(-c3cccc(C(=O)O)c3)c1O)c(O)n2-c1ccc(C)c(C)c1. The quantitative estimate of drug-likeness (QED) is 0.218. The molecule has 0 atom stereocenters. The Balaban J connectivity index is 1.62. The number of para-hydroxylation sites is 1. The van der Waals surface area contributed by atoms with E-state index >= 15 is 0 Å². The van der Waals surface area contributed by atoms with Crippen LogP contribution in [0.3, 0.4) is 0 Å². The first-order valence-corrected chi connectivity index (χ1v) is 11.7. The molecule has 3 N–H and O–H groups in total. The van der Waals surface area contributed by atoms with E-state index in [1.807, 2.05) is 57.2 Å². The number of hydrogen-bond acceptors (Lipinski definition) is 5. The van der Waals surface area contributed by atoms with Crippen molar-refractivity contribution in [2.45, 2.75) is 20.8 Å². The Labute approximate surface area is 213 Å². The first kappa shape index (κ1) is 23.8. The number of azo groups is 1. The van der Waals surface area contributed by atoms with Crippen LogP contribution < -0.4 is 0 Å². The molecular weight excluding hydrogens is 466 g/mol. The number of aromatic carboxylic acids is 1. The van der Waals surface area contributed by atoms with Gasteiger partial charge in [-0.3, -0.25) is 4.57 Å². The largest absolute Gasteiger partial charge is 0.505 e. The van der Waals surface area contributed by atoms with E-state index in [9.17, 15) is 20.1 Å². The van der Waals surface area contributed by atoms with Crippen LogP contribution in [0.2, 0.25) is 0 Å². The van der Waals surface area contributed by atoms with Gasteiger partial charge in [0.25, 0.3) is 0 Å². The molecule has 0 radical (unpaired) electrons. The average molecular weight is 492 g/mol. The fourth-order valence-corrected chi connectivity index (χ4v) is 4.37. The van der Waals surface area contributed by atoms with Gasteiger partial charge < -0.3 is 15.3 Å². The van der Waals surface area contributed by atoms with Gasteiger partial charge in [-0.05, 0) is 79.9 Å². The highest BCUT2D eigenvalue weighted by atomic mass is 16.4. The van der Waals surface area contributed by atoms with E-state index < -0.39 is 5.97 Å². The second-order valence-electron chi connectivity index (χ2n) is 9.06. The predicted octanol–water partition coefficient (Wildman–Crippen LogP) is 7.75. The van der Waals surface area contributed by atoms with Crippen LogP contribution in [0.25, 0.3) is 27.7 Å². The molecule has 1 heterocycles. The highest BCUT2D eigenvalue weighted by Gasteiger charge is 2.19. The standard InChI is InChI=1S/C30H25N3O4/c1-17-10-13-26-24(14-17)27(29(35)33(26)22-12-11-18(2)19(3)15-22)32-31-25-9-5-8-23(28(25)34)20-6-4-7-21(16-20)30(36)37/h4-16,34-35H,1-3H3,(H,36,37). The van der Waals surface area contributed by atoms with Crippen LogP contribution in [0.5, 0.6) is 11.6 Å². The first-order chi connectivity index (χ1) is 17.7. The number of carboxylic acid groups (broad SMARTS) is 1. The summed E-state index contributed by atoms with van der Waals surface area (Å²) in [7, 11) is 0. The highest BCUT2D eigenvalue weighted by molar-refractivity contribution is 5.97. The molecule has 0 aliphatic carbocycles. The Morgan fingerprint density at radius 3 is 2.35 bits per heavy atom. The van der Waals surface area contributed by atoms with Crippen molar-refractivity contribution in [1.29, 1.82) is 0 Å². The van der Waals surface area contributed by atoms with Crippen LogP contribution >= 0.6 is 0 Å². The van der Waals surface area contributed by atoms with E-state index in [1.54, 1.807) is 34.9 Å². The summed E-state index contributed by atoms with van der Waals surface area (Å²) < 4.78 is 1.74. The normalized spacial score (nSPS) is 11.4. The number of aryl methyl sites for hydroxylation is 3. The molecular formula is C30H25N3O4. The third-order valence-corrected chi connectivity index (χ3v) is 6.51. The molecule has 0 amide bonds. The molecule has 0 unspecified atom stereocenters. The zero-order valence-corrected chi connectivity index (χ0v) is 20.6. The summed E-state index contributed by atoms with van der Waals surface area (Å²) in [5.74, 6) is -1.25. The van der Waals surface area contributed by atoms with Crippen molar-refractivity contribution in [3.63, 3.8) is 0 Å². The molecule has 0 aliphatic heterocycles. The molecule has 0 bridgehead atoms. The minimum absolute atomic E-state index is 0.0580. The number of benzene rings is 4. The molecule has 5 aromatic rings. The minimum Gasteiger partial charge on any atom is -0.505 e. The third-order valence-electron chi connectivity index (χ3n) is 6.51. The van der Waals surface area contributed by atoms with E-state index in [2.05, 4.69) is 10.2 Å². The lowest BCUT2D eigenvalue weighted by Gasteiger charge is -2.09. The van der Waals surface area contributed by atoms with Crippen molar-refractivity contribution >= 4 is 28.2 Å². The van der Waals surface area contributed by atoms with Gasteiger partial charge in [0.2, 0.25) is 5.88 Å². The zero-order chi connectivity index (χ0) is 26.3. The monoisotopic (exact) mass is 491 g/mol. The number of rotatable bonds is 5. The lowest BCUT2D eigenvalue weighted by Crippen LogP contribution is -1.95. The number of phenols is 1. The van der Waals surface area contributed by atoms with Gasteiger partial charge in [-0.15, -0.1) is 10.2 Å². The summed E-state index contributed by atoms with van der Waals surface area (Å²) in [5, 5.41) is 40.9. The Bertz CT molecular complexity index is 1720. The van der Waals surface area contributed by atoms with Crippen LogP contribution in [-0.2, 0) is 0 Å². The van der Waals surface area contributed by atoms with Gasteiger partial charge in [-0.2, -0.15) is 0 Å². The molecule has 0 aliphatic rings. The summed E-state index contributed by atoms with van der Waals surface area (Å²) in [5.41, 5.74) is 6.40. The highest BCUT2D eigenvalue weighted by Crippen LogP contribution is 2.44. The Hall–Kier alpha value is -4.91. The predicted molar refractivity (Wildman–Crippen MR) is 144 cm³/mol. The van der Waals surface area contributed by atoms with Gasteiger partial charge in [0.05, 0.1) is 11.1 Å². The summed E-state index contributed by atoms with van der Waals surface area (Å²) in [6.07, 6.45) is 0. The van der Waals surface area contributed by atoms with E-state index in [0.29, 0.717) is 11.1 Å². The van der Waals surface area contributed by atoms with Crippen molar-refractivity contribution in [2.75, 3.05) is 0 Å². The van der Waals surface area contributed by atoms with Crippen molar-refractivity contribution in [3.8, 4) is 28.4 Å². The number of fused-ring (bicyclic) bond motifs is 1. The number of carbonyl (C=O) groups is 1. The topological polar surface area (TPSA) is 107 Å². The van der Waals surface area contributed by atoms with Crippen LogP contribution in [0.1, 0.15) is 27.0 Å². The zero-order valence-electron chi connectivity index (χ0n) is 20.6. The summed E-state index contributed by atoms with van der Waals surface area (Å²) in [6, 6.07) is 23.1. The van der Waals surface area contributed by atoms with Gasteiger partial charge in [-0.25, -0.2) is 4.79 Å². The van der Waals surface area contributed by atoms with Gasteiger partial charge in [0.1, 0.15) is 5.69 Å². The molecule has 0 saturated heterocycles. The maximum atomic E-state index is 11.4. The van der Waals surface area contributed by atoms with Gasteiger partial charge in [0.15, 0.2) is 11.4 Å². The molecule has 184 valence electrons. The second kappa shape index (κ2) is 9.28. The van der Waals surface area contributed by atoms with Gasteiger partial charge in [-0.1, -0.05) is 42.0 Å². The maximum Gasteiger partial charge on any atom is 0.335 e. The summed E-state index contributed by atoms with van der Waals surface area (Å²) >= 11 is 0. The Morgan fingerprint density at radius 1 is 0.811 bits per heavy atom. The van der Waals surface area contributed by atoms with E-state index in [1.165, 1.54) is 12.1 Å². The van der Waals surface area contributed by atoms with E-state index in [-0.39, 0.29) is 28.6 Å². The molecule has 0 fully saturated rings. The number of phenolic OH excluding ortho intramolecular Hbond substituents is 1. The number of nitrogens with zero attached hydrogens (tertiary/aromatic N) is 3. The van der Waals surface area contributed by atoms with Crippen LogP contribution in [0, 0.1) is 20.8 Å². The van der Waals surface area contributed by atoms with Gasteiger partial charge in [0, 0.05) is 16.6 Å². The fraction of sp³-hybridized carbons (Fsp3) is 0.100. The summed E-state index contributed by atoms with van der Waals surface area (Å²) in [6.45, 7) is 6.02.